The van der Waals surface area contributed by atoms with Crippen molar-refractivity contribution in [3.05, 3.63) is 57.8 Å². The molecular weight excluding hydrogens is 568 g/mol. The second kappa shape index (κ2) is 12.1. The molecule has 7 nitrogen and oxygen atoms in total. The van der Waals surface area contributed by atoms with Crippen molar-refractivity contribution in [3.8, 4) is 0 Å². The number of carbonyl (C=O) groups excluding carboxylic acids is 2. The zero-order valence-electron chi connectivity index (χ0n) is 22.4. The summed E-state index contributed by atoms with van der Waals surface area (Å²) in [5.41, 5.74) is -3.15. The average Bonchev–Trinajstić information content (AvgIpc) is 2.92. The van der Waals surface area contributed by atoms with Gasteiger partial charge in [-0.25, -0.2) is 4.98 Å². The van der Waals surface area contributed by atoms with Crippen molar-refractivity contribution in [2.45, 2.75) is 43.9 Å². The molecule has 2 aliphatic heterocycles. The number of amides is 2. The minimum absolute atomic E-state index is 0.00790. The SMILES string of the molecule is CN(C)C(=O)c1ncc(N2CCC(CC3CCN(C(=O)C(O)(c4cccc(Cl)c4)C(F)(F)F)CC3)CC2)cc1Cl. The number of piperidine rings is 2. The van der Waals surface area contributed by atoms with Crippen LogP contribution in [-0.4, -0.2) is 78.2 Å². The second-order valence-electron chi connectivity index (χ2n) is 10.8. The van der Waals surface area contributed by atoms with Crippen molar-refractivity contribution in [1.82, 2.24) is 14.8 Å². The summed E-state index contributed by atoms with van der Waals surface area (Å²) in [6, 6.07) is 6.49. The number of pyridine rings is 1. The van der Waals surface area contributed by atoms with Gasteiger partial charge in [-0.3, -0.25) is 9.59 Å². The van der Waals surface area contributed by atoms with Gasteiger partial charge in [0.25, 0.3) is 17.4 Å². The van der Waals surface area contributed by atoms with Gasteiger partial charge in [0.1, 0.15) is 5.69 Å². The molecule has 2 amide bonds. The summed E-state index contributed by atoms with van der Waals surface area (Å²) < 4.78 is 42.0. The Labute approximate surface area is 241 Å². The van der Waals surface area contributed by atoms with Crippen LogP contribution in [0.1, 0.15) is 48.2 Å². The van der Waals surface area contributed by atoms with E-state index in [1.807, 2.05) is 0 Å². The Morgan fingerprint density at radius 2 is 1.62 bits per heavy atom. The van der Waals surface area contributed by atoms with E-state index in [0.717, 1.165) is 55.1 Å². The highest BCUT2D eigenvalue weighted by atomic mass is 35.5. The van der Waals surface area contributed by atoms with E-state index < -0.39 is 23.2 Å². The number of carbonyl (C=O) groups is 2. The van der Waals surface area contributed by atoms with Crippen LogP contribution >= 0.6 is 23.2 Å². The predicted molar refractivity (Wildman–Crippen MR) is 148 cm³/mol. The number of anilines is 1. The number of hydrogen-bond donors (Lipinski definition) is 1. The van der Waals surface area contributed by atoms with Crippen LogP contribution in [-0.2, 0) is 10.4 Å². The third kappa shape index (κ3) is 6.34. The lowest BCUT2D eigenvalue weighted by molar-refractivity contribution is -0.262. The summed E-state index contributed by atoms with van der Waals surface area (Å²) >= 11 is 12.2. The van der Waals surface area contributed by atoms with Crippen molar-refractivity contribution in [2.75, 3.05) is 45.2 Å². The van der Waals surface area contributed by atoms with Gasteiger partial charge in [-0.1, -0.05) is 35.3 Å². The van der Waals surface area contributed by atoms with Crippen molar-refractivity contribution < 1.29 is 27.9 Å². The summed E-state index contributed by atoms with van der Waals surface area (Å²) in [5.74, 6) is -0.867. The number of halogens is 5. The molecule has 0 bridgehead atoms. The van der Waals surface area contributed by atoms with Gasteiger partial charge >= 0.3 is 6.18 Å². The number of likely N-dealkylation sites (tertiary alicyclic amines) is 1. The van der Waals surface area contributed by atoms with Crippen LogP contribution < -0.4 is 4.90 Å². The number of nitrogens with zero attached hydrogens (tertiary/aromatic N) is 4. The highest BCUT2D eigenvalue weighted by Gasteiger charge is 2.62. The molecular formula is C28H33Cl2F3N4O3. The van der Waals surface area contributed by atoms with Crippen molar-refractivity contribution >= 4 is 40.7 Å². The first-order valence-electron chi connectivity index (χ1n) is 13.3. The predicted octanol–water partition coefficient (Wildman–Crippen LogP) is 5.39. The maximum absolute atomic E-state index is 14.0. The Morgan fingerprint density at radius 1 is 1.02 bits per heavy atom. The van der Waals surface area contributed by atoms with E-state index >= 15 is 0 Å². The lowest BCUT2D eigenvalue weighted by Gasteiger charge is -2.40. The minimum Gasteiger partial charge on any atom is -0.370 e. The normalized spacial score (nSPS) is 18.9. The Hall–Kier alpha value is -2.56. The fourth-order valence-electron chi connectivity index (χ4n) is 5.59. The molecule has 2 saturated heterocycles. The van der Waals surface area contributed by atoms with Crippen molar-refractivity contribution in [1.29, 1.82) is 0 Å². The molecule has 1 aromatic heterocycles. The summed E-state index contributed by atoms with van der Waals surface area (Å²) in [7, 11) is 3.29. The van der Waals surface area contributed by atoms with Crippen molar-refractivity contribution in [2.24, 2.45) is 11.8 Å². The quantitative estimate of drug-likeness (QED) is 0.481. The highest BCUT2D eigenvalue weighted by Crippen LogP contribution is 2.42. The molecule has 1 aromatic carbocycles. The fourth-order valence-corrected chi connectivity index (χ4v) is 6.02. The maximum Gasteiger partial charge on any atom is 0.430 e. The van der Waals surface area contributed by atoms with Gasteiger partial charge < -0.3 is 19.8 Å². The zero-order chi connectivity index (χ0) is 29.2. The molecule has 0 spiro atoms. The number of aliphatic hydroxyl groups is 1. The molecule has 218 valence electrons. The van der Waals surface area contributed by atoms with E-state index in [9.17, 15) is 27.9 Å². The Bertz CT molecular complexity index is 1230. The molecule has 2 aromatic rings. The van der Waals surface area contributed by atoms with E-state index in [2.05, 4.69) is 9.88 Å². The standard InChI is InChI=1S/C28H33Cl2F3N4O3/c1-35(2)25(38)24-23(30)16-22(17-34-24)36-10-6-18(7-11-36)14-19-8-12-37(13-9-19)26(39)27(40,28(31,32)33)20-4-3-5-21(29)15-20/h3-5,15-19,40H,6-14H2,1-2H3. The second-order valence-corrected chi connectivity index (χ2v) is 11.7. The van der Waals surface area contributed by atoms with Crippen LogP contribution in [0.3, 0.4) is 0 Å². The maximum atomic E-state index is 14.0. The number of alkyl halides is 3. The van der Waals surface area contributed by atoms with Gasteiger partial charge in [0.05, 0.1) is 16.9 Å². The zero-order valence-corrected chi connectivity index (χ0v) is 23.9. The number of rotatable bonds is 6. The molecule has 2 aliphatic rings. The first kappa shape index (κ1) is 30.4. The topological polar surface area (TPSA) is 77.0 Å². The number of aromatic nitrogens is 1. The van der Waals surface area contributed by atoms with Crippen LogP contribution in [0.25, 0.3) is 0 Å². The largest absolute Gasteiger partial charge is 0.430 e. The Morgan fingerprint density at radius 3 is 2.15 bits per heavy atom. The van der Waals surface area contributed by atoms with Crippen LogP contribution in [0.4, 0.5) is 18.9 Å². The molecule has 0 radical (unpaired) electrons. The van der Waals surface area contributed by atoms with Crippen molar-refractivity contribution in [3.63, 3.8) is 0 Å². The van der Waals surface area contributed by atoms with Crippen LogP contribution in [0.5, 0.6) is 0 Å². The molecule has 2 fully saturated rings. The fraction of sp³-hybridized carbons (Fsp3) is 0.536. The molecule has 4 rings (SSSR count). The molecule has 1 unspecified atom stereocenters. The number of hydrogen-bond acceptors (Lipinski definition) is 5. The molecule has 1 atom stereocenters. The molecule has 12 heteroatoms. The van der Waals surface area contributed by atoms with E-state index in [0.29, 0.717) is 23.8 Å². The average molecular weight is 601 g/mol. The third-order valence-electron chi connectivity index (χ3n) is 7.95. The molecule has 3 heterocycles. The Balaban J connectivity index is 1.30. The summed E-state index contributed by atoms with van der Waals surface area (Å²) in [4.78, 5) is 34.2. The van der Waals surface area contributed by atoms with E-state index in [-0.39, 0.29) is 35.6 Å². The lowest BCUT2D eigenvalue weighted by atomic mass is 9.82. The van der Waals surface area contributed by atoms with Crippen LogP contribution in [0, 0.1) is 11.8 Å². The van der Waals surface area contributed by atoms with Crippen LogP contribution in [0.2, 0.25) is 10.0 Å². The van der Waals surface area contributed by atoms with Gasteiger partial charge in [-0.05, 0) is 62.1 Å². The van der Waals surface area contributed by atoms with E-state index in [1.165, 1.54) is 17.0 Å². The van der Waals surface area contributed by atoms with Gasteiger partial charge in [0, 0.05) is 50.9 Å². The lowest BCUT2D eigenvalue weighted by Crippen LogP contribution is -2.57. The van der Waals surface area contributed by atoms with Gasteiger partial charge in [-0.2, -0.15) is 13.2 Å². The van der Waals surface area contributed by atoms with E-state index in [1.54, 1.807) is 26.4 Å². The third-order valence-corrected chi connectivity index (χ3v) is 8.47. The van der Waals surface area contributed by atoms with Gasteiger partial charge in [0.15, 0.2) is 0 Å². The first-order chi connectivity index (χ1) is 18.8. The summed E-state index contributed by atoms with van der Waals surface area (Å²) in [6.07, 6.45) is 0.452. The first-order valence-corrected chi connectivity index (χ1v) is 14.0. The molecule has 40 heavy (non-hydrogen) atoms. The van der Waals surface area contributed by atoms with E-state index in [4.69, 9.17) is 23.2 Å². The molecule has 0 aliphatic carbocycles. The summed E-state index contributed by atoms with van der Waals surface area (Å²) in [5, 5.41) is 11.0. The highest BCUT2D eigenvalue weighted by molar-refractivity contribution is 6.33. The van der Waals surface area contributed by atoms with Gasteiger partial charge in [0.2, 0.25) is 0 Å². The Kier molecular flexibility index (Phi) is 9.21. The monoisotopic (exact) mass is 600 g/mol. The summed E-state index contributed by atoms with van der Waals surface area (Å²) in [6.45, 7) is 1.92. The van der Waals surface area contributed by atoms with Gasteiger partial charge in [-0.15, -0.1) is 0 Å². The molecule has 1 N–H and O–H groups in total. The molecule has 0 saturated carbocycles. The minimum atomic E-state index is -5.19. The smallest absolute Gasteiger partial charge is 0.370 e. The number of benzene rings is 1. The van der Waals surface area contributed by atoms with Crippen LogP contribution in [0.15, 0.2) is 36.5 Å².